The summed E-state index contributed by atoms with van der Waals surface area (Å²) < 4.78 is 0. The normalized spacial score (nSPS) is 10.2. The second-order valence-corrected chi connectivity index (χ2v) is 4.08. The number of nitrogens with one attached hydrogen (secondary N) is 3. The molecule has 2 rings (SSSR count). The molecule has 0 unspecified atom stereocenters. The molecule has 2 aromatic rings. The summed E-state index contributed by atoms with van der Waals surface area (Å²) in [7, 11) is 0. The second kappa shape index (κ2) is 6.53. The molecule has 0 fully saturated rings. The van der Waals surface area contributed by atoms with E-state index >= 15 is 0 Å². The fourth-order valence-corrected chi connectivity index (χ4v) is 1.58. The molecule has 0 aliphatic rings. The van der Waals surface area contributed by atoms with E-state index in [2.05, 4.69) is 32.5 Å². The zero-order valence-electron chi connectivity index (χ0n) is 10.8. The number of anilines is 1. The van der Waals surface area contributed by atoms with Crippen LogP contribution in [0, 0.1) is 0 Å². The Morgan fingerprint density at radius 1 is 1.37 bits per heavy atom. The zero-order valence-corrected chi connectivity index (χ0v) is 10.8. The maximum absolute atomic E-state index is 12.0. The van der Waals surface area contributed by atoms with Crippen LogP contribution in [0.5, 0.6) is 0 Å². The quantitative estimate of drug-likeness (QED) is 0.735. The number of H-pyrrole nitrogens is 1. The standard InChI is InChI=1S/C13H17N5O/c1-2-4-14-11-8-10(3-5-15-11)13(19)18-9-12-16-6-7-17-12/h3,5-8H,2,4,9H2,1H3,(H,14,15)(H,16,17)(H,18,19). The van der Waals surface area contributed by atoms with Crippen molar-refractivity contribution in [1.29, 1.82) is 0 Å². The predicted octanol–water partition coefficient (Wildman–Crippen LogP) is 1.56. The summed E-state index contributed by atoms with van der Waals surface area (Å²) in [4.78, 5) is 23.1. The summed E-state index contributed by atoms with van der Waals surface area (Å²) >= 11 is 0. The highest BCUT2D eigenvalue weighted by Crippen LogP contribution is 2.07. The largest absolute Gasteiger partial charge is 0.370 e. The van der Waals surface area contributed by atoms with Crippen molar-refractivity contribution in [3.8, 4) is 0 Å². The number of carbonyl (C=O) groups excluding carboxylic acids is 1. The monoisotopic (exact) mass is 259 g/mol. The molecule has 0 saturated carbocycles. The second-order valence-electron chi connectivity index (χ2n) is 4.08. The van der Waals surface area contributed by atoms with Crippen LogP contribution in [-0.4, -0.2) is 27.4 Å². The molecule has 0 aliphatic heterocycles. The van der Waals surface area contributed by atoms with E-state index in [1.807, 2.05) is 0 Å². The van der Waals surface area contributed by atoms with Gasteiger partial charge in [0.25, 0.3) is 5.91 Å². The van der Waals surface area contributed by atoms with Gasteiger partial charge in [-0.05, 0) is 18.6 Å². The Kier molecular flexibility index (Phi) is 4.49. The number of aromatic amines is 1. The van der Waals surface area contributed by atoms with Gasteiger partial charge < -0.3 is 15.6 Å². The van der Waals surface area contributed by atoms with Crippen molar-refractivity contribution in [3.63, 3.8) is 0 Å². The van der Waals surface area contributed by atoms with E-state index in [9.17, 15) is 4.79 Å². The first-order valence-electron chi connectivity index (χ1n) is 6.26. The molecular weight excluding hydrogens is 242 g/mol. The SMILES string of the molecule is CCCNc1cc(C(=O)NCc2ncc[nH]2)ccn1. The number of aromatic nitrogens is 3. The van der Waals surface area contributed by atoms with Gasteiger partial charge in [-0.25, -0.2) is 9.97 Å². The van der Waals surface area contributed by atoms with E-state index in [4.69, 9.17) is 0 Å². The number of rotatable bonds is 6. The van der Waals surface area contributed by atoms with Crippen molar-refractivity contribution in [2.24, 2.45) is 0 Å². The Morgan fingerprint density at radius 2 is 2.26 bits per heavy atom. The molecule has 0 spiro atoms. The Bertz CT molecular complexity index is 524. The molecule has 0 aromatic carbocycles. The Balaban J connectivity index is 1.94. The average molecular weight is 259 g/mol. The van der Waals surface area contributed by atoms with Crippen molar-refractivity contribution in [2.75, 3.05) is 11.9 Å². The fraction of sp³-hybridized carbons (Fsp3) is 0.308. The lowest BCUT2D eigenvalue weighted by atomic mass is 10.2. The van der Waals surface area contributed by atoms with E-state index < -0.39 is 0 Å². The van der Waals surface area contributed by atoms with Gasteiger partial charge in [-0.1, -0.05) is 6.92 Å². The van der Waals surface area contributed by atoms with Crippen LogP contribution in [0.1, 0.15) is 29.5 Å². The Labute approximate surface area is 111 Å². The van der Waals surface area contributed by atoms with Gasteiger partial charge in [0, 0.05) is 30.7 Å². The van der Waals surface area contributed by atoms with E-state index in [1.54, 1.807) is 30.7 Å². The van der Waals surface area contributed by atoms with E-state index in [1.165, 1.54) is 0 Å². The first-order valence-corrected chi connectivity index (χ1v) is 6.26. The molecule has 0 saturated heterocycles. The van der Waals surface area contributed by atoms with Crippen molar-refractivity contribution >= 4 is 11.7 Å². The topological polar surface area (TPSA) is 82.7 Å². The van der Waals surface area contributed by atoms with Crippen LogP contribution < -0.4 is 10.6 Å². The highest BCUT2D eigenvalue weighted by molar-refractivity contribution is 5.94. The fourth-order valence-electron chi connectivity index (χ4n) is 1.58. The van der Waals surface area contributed by atoms with Gasteiger partial charge >= 0.3 is 0 Å². The van der Waals surface area contributed by atoms with Crippen molar-refractivity contribution in [3.05, 3.63) is 42.1 Å². The zero-order chi connectivity index (χ0) is 13.5. The van der Waals surface area contributed by atoms with Gasteiger partial charge in [-0.2, -0.15) is 0 Å². The molecule has 6 nitrogen and oxygen atoms in total. The number of hydrogen-bond acceptors (Lipinski definition) is 4. The maximum Gasteiger partial charge on any atom is 0.251 e. The maximum atomic E-state index is 12.0. The molecule has 2 heterocycles. The van der Waals surface area contributed by atoms with Gasteiger partial charge in [0.05, 0.1) is 6.54 Å². The van der Waals surface area contributed by atoms with Crippen LogP contribution in [0.25, 0.3) is 0 Å². The molecule has 3 N–H and O–H groups in total. The minimum Gasteiger partial charge on any atom is -0.370 e. The number of carbonyl (C=O) groups is 1. The molecule has 6 heteroatoms. The number of imidazole rings is 1. The number of nitrogens with zero attached hydrogens (tertiary/aromatic N) is 2. The van der Waals surface area contributed by atoms with Crippen LogP contribution in [0.4, 0.5) is 5.82 Å². The molecule has 2 aromatic heterocycles. The van der Waals surface area contributed by atoms with Crippen molar-refractivity contribution in [2.45, 2.75) is 19.9 Å². The van der Waals surface area contributed by atoms with E-state index in [0.29, 0.717) is 17.9 Å². The van der Waals surface area contributed by atoms with Crippen LogP contribution >= 0.6 is 0 Å². The van der Waals surface area contributed by atoms with Crippen molar-refractivity contribution in [1.82, 2.24) is 20.3 Å². The summed E-state index contributed by atoms with van der Waals surface area (Å²) in [5, 5.41) is 5.95. The Morgan fingerprint density at radius 3 is 3.00 bits per heavy atom. The van der Waals surface area contributed by atoms with Crippen LogP contribution in [-0.2, 0) is 6.54 Å². The van der Waals surface area contributed by atoms with Gasteiger partial charge in [-0.3, -0.25) is 4.79 Å². The minimum absolute atomic E-state index is 0.140. The Hall–Kier alpha value is -2.37. The highest BCUT2D eigenvalue weighted by Gasteiger charge is 2.07. The summed E-state index contributed by atoms with van der Waals surface area (Å²) in [6.45, 7) is 3.29. The highest BCUT2D eigenvalue weighted by atomic mass is 16.1. The average Bonchev–Trinajstić information content (AvgIpc) is 2.96. The molecule has 100 valence electrons. The van der Waals surface area contributed by atoms with Gasteiger partial charge in [0.15, 0.2) is 0 Å². The molecule has 0 bridgehead atoms. The third kappa shape index (κ3) is 3.80. The lowest BCUT2D eigenvalue weighted by Gasteiger charge is -2.06. The first-order chi connectivity index (χ1) is 9.29. The van der Waals surface area contributed by atoms with Gasteiger partial charge in [0.2, 0.25) is 0 Å². The third-order valence-corrected chi connectivity index (χ3v) is 2.55. The molecule has 0 atom stereocenters. The minimum atomic E-state index is -0.140. The lowest BCUT2D eigenvalue weighted by molar-refractivity contribution is 0.0950. The van der Waals surface area contributed by atoms with Crippen LogP contribution in [0.2, 0.25) is 0 Å². The predicted molar refractivity (Wildman–Crippen MR) is 72.8 cm³/mol. The summed E-state index contributed by atoms with van der Waals surface area (Å²) in [6, 6.07) is 3.43. The van der Waals surface area contributed by atoms with Gasteiger partial charge in [0.1, 0.15) is 11.6 Å². The van der Waals surface area contributed by atoms with Crippen LogP contribution in [0.3, 0.4) is 0 Å². The van der Waals surface area contributed by atoms with Crippen molar-refractivity contribution < 1.29 is 4.79 Å². The van der Waals surface area contributed by atoms with E-state index in [-0.39, 0.29) is 5.91 Å². The number of amides is 1. The number of hydrogen-bond donors (Lipinski definition) is 3. The van der Waals surface area contributed by atoms with E-state index in [0.717, 1.165) is 18.8 Å². The third-order valence-electron chi connectivity index (χ3n) is 2.55. The first kappa shape index (κ1) is 13.1. The molecular formula is C13H17N5O. The molecule has 19 heavy (non-hydrogen) atoms. The molecule has 1 amide bonds. The smallest absolute Gasteiger partial charge is 0.251 e. The lowest BCUT2D eigenvalue weighted by Crippen LogP contribution is -2.23. The van der Waals surface area contributed by atoms with Crippen LogP contribution in [0.15, 0.2) is 30.7 Å². The molecule has 0 radical (unpaired) electrons. The molecule has 0 aliphatic carbocycles. The number of pyridine rings is 1. The van der Waals surface area contributed by atoms with Gasteiger partial charge in [-0.15, -0.1) is 0 Å². The summed E-state index contributed by atoms with van der Waals surface area (Å²) in [5.41, 5.74) is 0.583. The summed E-state index contributed by atoms with van der Waals surface area (Å²) in [6.07, 6.45) is 6.01. The summed E-state index contributed by atoms with van der Waals surface area (Å²) in [5.74, 6) is 1.30.